The van der Waals surface area contributed by atoms with Crippen LogP contribution in [0.1, 0.15) is 30.3 Å². The number of nitrogens with one attached hydrogen (secondary N) is 2. The summed E-state index contributed by atoms with van der Waals surface area (Å²) in [5, 5.41) is 5.16. The predicted molar refractivity (Wildman–Crippen MR) is 78.9 cm³/mol. The zero-order valence-corrected chi connectivity index (χ0v) is 12.1. The second-order valence-electron chi connectivity index (χ2n) is 4.70. The zero-order chi connectivity index (χ0) is 14.1. The van der Waals surface area contributed by atoms with E-state index in [9.17, 15) is 4.79 Å². The largest absolute Gasteiger partial charge is 0.465 e. The number of rotatable bonds is 4. The van der Waals surface area contributed by atoms with Crippen LogP contribution in [0, 0.1) is 6.92 Å². The molecule has 3 aromatic rings. The standard InChI is InChI=1S/C14H15N3O2S/c1-8-3-4-11(19-8)9(2)15-7-12-16-10-5-6-20-13(10)14(18)17-12/h3-6,9,15H,7H2,1-2H3,(H,16,17,18). The number of hydrogen-bond donors (Lipinski definition) is 2. The maximum atomic E-state index is 11.8. The third-order valence-electron chi connectivity index (χ3n) is 3.13. The van der Waals surface area contributed by atoms with Crippen LogP contribution in [0.15, 0.2) is 32.8 Å². The van der Waals surface area contributed by atoms with Crippen molar-refractivity contribution in [3.63, 3.8) is 0 Å². The van der Waals surface area contributed by atoms with Crippen molar-refractivity contribution in [2.75, 3.05) is 0 Å². The van der Waals surface area contributed by atoms with E-state index < -0.39 is 0 Å². The van der Waals surface area contributed by atoms with Crippen molar-refractivity contribution in [1.82, 2.24) is 15.3 Å². The molecule has 0 radical (unpaired) electrons. The highest BCUT2D eigenvalue weighted by Crippen LogP contribution is 2.16. The van der Waals surface area contributed by atoms with E-state index in [1.807, 2.05) is 37.4 Å². The van der Waals surface area contributed by atoms with Crippen LogP contribution in [-0.2, 0) is 6.54 Å². The molecule has 1 unspecified atom stereocenters. The summed E-state index contributed by atoms with van der Waals surface area (Å²) in [6.45, 7) is 4.42. The SMILES string of the molecule is Cc1ccc(C(C)NCc2nc3ccsc3c(=O)[nH]2)o1. The lowest BCUT2D eigenvalue weighted by Gasteiger charge is -2.10. The lowest BCUT2D eigenvalue weighted by atomic mass is 10.2. The van der Waals surface area contributed by atoms with E-state index >= 15 is 0 Å². The minimum atomic E-state index is -0.0803. The molecule has 104 valence electrons. The summed E-state index contributed by atoms with van der Waals surface area (Å²) in [6, 6.07) is 5.81. The van der Waals surface area contributed by atoms with Crippen LogP contribution < -0.4 is 10.9 Å². The smallest absolute Gasteiger partial charge is 0.268 e. The van der Waals surface area contributed by atoms with Crippen LogP contribution >= 0.6 is 11.3 Å². The molecule has 5 nitrogen and oxygen atoms in total. The first-order valence-electron chi connectivity index (χ1n) is 6.39. The average Bonchev–Trinajstić information content (AvgIpc) is 3.04. The first-order valence-corrected chi connectivity index (χ1v) is 7.27. The molecule has 0 bridgehead atoms. The van der Waals surface area contributed by atoms with Gasteiger partial charge in [0.25, 0.3) is 5.56 Å². The number of thiophene rings is 1. The summed E-state index contributed by atoms with van der Waals surface area (Å²) in [4.78, 5) is 19.1. The molecule has 0 spiro atoms. The Balaban J connectivity index is 1.75. The van der Waals surface area contributed by atoms with E-state index in [0.29, 0.717) is 17.1 Å². The van der Waals surface area contributed by atoms with Crippen molar-refractivity contribution in [2.45, 2.75) is 26.4 Å². The Morgan fingerprint density at radius 1 is 1.45 bits per heavy atom. The van der Waals surface area contributed by atoms with Crippen LogP contribution in [0.25, 0.3) is 10.2 Å². The number of hydrogen-bond acceptors (Lipinski definition) is 5. The molecule has 3 rings (SSSR count). The van der Waals surface area contributed by atoms with Crippen LogP contribution in [0.3, 0.4) is 0 Å². The molecule has 0 aliphatic rings. The minimum Gasteiger partial charge on any atom is -0.465 e. The number of fused-ring (bicyclic) bond motifs is 1. The minimum absolute atomic E-state index is 0.0622. The van der Waals surface area contributed by atoms with Crippen molar-refractivity contribution in [2.24, 2.45) is 0 Å². The van der Waals surface area contributed by atoms with Gasteiger partial charge in [-0.3, -0.25) is 4.79 Å². The third kappa shape index (κ3) is 2.52. The number of furan rings is 1. The first kappa shape index (κ1) is 13.1. The van der Waals surface area contributed by atoms with Crippen LogP contribution in [0.5, 0.6) is 0 Å². The lowest BCUT2D eigenvalue weighted by molar-refractivity contribution is 0.413. The Hall–Kier alpha value is -1.92. The van der Waals surface area contributed by atoms with Gasteiger partial charge in [0.15, 0.2) is 0 Å². The summed E-state index contributed by atoms with van der Waals surface area (Å²) in [7, 11) is 0. The Kier molecular flexibility index (Phi) is 3.42. The van der Waals surface area contributed by atoms with E-state index in [4.69, 9.17) is 4.42 Å². The molecular weight excluding hydrogens is 274 g/mol. The Labute approximate surface area is 119 Å². The molecule has 0 aliphatic heterocycles. The molecule has 1 atom stereocenters. The summed E-state index contributed by atoms with van der Waals surface area (Å²) in [5.41, 5.74) is 0.667. The first-order chi connectivity index (χ1) is 9.63. The molecule has 0 fully saturated rings. The van der Waals surface area contributed by atoms with Crippen LogP contribution in [0.4, 0.5) is 0 Å². The van der Waals surface area contributed by atoms with Gasteiger partial charge in [0.05, 0.1) is 18.1 Å². The second kappa shape index (κ2) is 5.22. The average molecular weight is 289 g/mol. The molecular formula is C14H15N3O2S. The van der Waals surface area contributed by atoms with Crippen molar-refractivity contribution >= 4 is 21.6 Å². The summed E-state index contributed by atoms with van der Waals surface area (Å²) < 4.78 is 6.23. The molecule has 0 saturated heterocycles. The fourth-order valence-corrected chi connectivity index (χ4v) is 2.77. The normalized spacial score (nSPS) is 12.9. The van der Waals surface area contributed by atoms with Gasteiger partial charge >= 0.3 is 0 Å². The van der Waals surface area contributed by atoms with Crippen LogP contribution in [0.2, 0.25) is 0 Å². The lowest BCUT2D eigenvalue weighted by Crippen LogP contribution is -2.21. The molecule has 0 aliphatic carbocycles. The number of nitrogens with zero attached hydrogens (tertiary/aromatic N) is 1. The highest BCUT2D eigenvalue weighted by molar-refractivity contribution is 7.17. The Morgan fingerprint density at radius 3 is 3.05 bits per heavy atom. The molecule has 20 heavy (non-hydrogen) atoms. The topological polar surface area (TPSA) is 70.9 Å². The Morgan fingerprint density at radius 2 is 2.30 bits per heavy atom. The summed E-state index contributed by atoms with van der Waals surface area (Å²) in [5.74, 6) is 2.40. The maximum absolute atomic E-state index is 11.8. The van der Waals surface area contributed by atoms with E-state index in [0.717, 1.165) is 17.0 Å². The van der Waals surface area contributed by atoms with Crippen molar-refractivity contribution in [3.05, 3.63) is 51.3 Å². The highest BCUT2D eigenvalue weighted by Gasteiger charge is 2.10. The van der Waals surface area contributed by atoms with Gasteiger partial charge in [0.1, 0.15) is 22.0 Å². The van der Waals surface area contributed by atoms with E-state index in [-0.39, 0.29) is 11.6 Å². The Bertz CT molecular complexity index is 787. The quantitative estimate of drug-likeness (QED) is 0.774. The van der Waals surface area contributed by atoms with Gasteiger partial charge in [0, 0.05) is 0 Å². The number of aryl methyl sites for hydroxylation is 1. The number of aromatic nitrogens is 2. The molecule has 0 saturated carbocycles. The maximum Gasteiger partial charge on any atom is 0.268 e. The molecule has 2 N–H and O–H groups in total. The van der Waals surface area contributed by atoms with Gasteiger partial charge in [-0.2, -0.15) is 0 Å². The second-order valence-corrected chi connectivity index (χ2v) is 5.61. The van der Waals surface area contributed by atoms with E-state index in [1.54, 1.807) is 0 Å². The van der Waals surface area contributed by atoms with Crippen LogP contribution in [-0.4, -0.2) is 9.97 Å². The molecule has 3 heterocycles. The van der Waals surface area contributed by atoms with Gasteiger partial charge in [-0.15, -0.1) is 11.3 Å². The fourth-order valence-electron chi connectivity index (χ4n) is 2.04. The van der Waals surface area contributed by atoms with Crippen molar-refractivity contribution in [1.29, 1.82) is 0 Å². The van der Waals surface area contributed by atoms with E-state index in [1.165, 1.54) is 11.3 Å². The van der Waals surface area contributed by atoms with Crippen molar-refractivity contribution < 1.29 is 4.42 Å². The van der Waals surface area contributed by atoms with Gasteiger partial charge in [-0.25, -0.2) is 4.98 Å². The monoisotopic (exact) mass is 289 g/mol. The fraction of sp³-hybridized carbons (Fsp3) is 0.286. The third-order valence-corrected chi connectivity index (χ3v) is 4.03. The molecule has 3 aromatic heterocycles. The van der Waals surface area contributed by atoms with Gasteiger partial charge < -0.3 is 14.7 Å². The predicted octanol–water partition coefficient (Wildman–Crippen LogP) is 2.74. The summed E-state index contributed by atoms with van der Waals surface area (Å²) in [6.07, 6.45) is 0. The highest BCUT2D eigenvalue weighted by atomic mass is 32.1. The van der Waals surface area contributed by atoms with E-state index in [2.05, 4.69) is 15.3 Å². The molecule has 0 amide bonds. The van der Waals surface area contributed by atoms with Gasteiger partial charge in [-0.05, 0) is 37.4 Å². The zero-order valence-electron chi connectivity index (χ0n) is 11.3. The number of H-pyrrole nitrogens is 1. The van der Waals surface area contributed by atoms with Gasteiger partial charge in [0.2, 0.25) is 0 Å². The molecule has 0 aromatic carbocycles. The summed E-state index contributed by atoms with van der Waals surface area (Å²) >= 11 is 1.40. The van der Waals surface area contributed by atoms with Crippen molar-refractivity contribution in [3.8, 4) is 0 Å². The molecule has 6 heteroatoms. The number of aromatic amines is 1. The van der Waals surface area contributed by atoms with Gasteiger partial charge in [-0.1, -0.05) is 0 Å².